The molecule has 12 aromatic rings. The normalized spacial score (nSPS) is 25.7. The molecule has 10 atom stereocenters. The standard InChI is InChI=1S/C32H45N7O.C30H38F3N7O.C29H37F3N8O3/c1-19(2)39(17-21-14-27(28(40)15-21)38-11-10-24-30(33)34-18-35-31(24)38)23-12-20(13-23)6-9-29-36-25-8-7-22(32(3,4)5)16-26(25)37-29;1-16(2)40(14-19-11-25(26(41)12-19)39-7-6-21-28(34)35-15-36-29(21)39)20-9-18(10-20)4-5-27-37-23-8-17(3)22(30(31,32)33)13-24(23)38-27;1-28(2,3)16-5-6-18-19(10-16)38-21(37-18)7-4-15-8-17(9-15)39(12-29(30,31)32)11-20-23(41)24(42)27(43-20)40-14-36-22-25(33)34-13-35-26(22)40/h7-8,10-11,16,18-21,23,27-28,40H,6,9,12-15,17H2,1-5H3,(H,36,37)(H2,33,34,35);6-8,13,15-16,18-20,25-26,41H,4-5,9-12,14H2,1-3H3,(H,37,38)(H2,34,35,36);5-6,10,13-15,17,20,23-24,27,41-42H,4,7-9,11-12H2,1-3H3,(H,37,38)(H2,33,34,35)/t20?,21-,23?,27+,28+;18?,19-,20?,25+,26+;15?,17?,20-,23-,24-,27-/m001/s1. The molecule has 10 heterocycles. The second kappa shape index (κ2) is 35.0. The van der Waals surface area contributed by atoms with Crippen LogP contribution in [0.2, 0.25) is 0 Å². The van der Waals surface area contributed by atoms with Gasteiger partial charge in [0, 0.05) is 81.5 Å². The SMILES string of the molecule is CC(C)(C)c1ccc2nc(CCC3CC(N(C[C@H]4O[C@@H](n5cnc6c(N)ncnc65)[C@H](O)[C@@H]4O)CC(F)(F)F)C3)[nH]c2c1.CC(C)N(C[C@@H]1C[C@@H](O)[C@H](n2ccc3c(N)ncnc32)C1)C1CC(CCc2nc3ccc(C(C)(C)C)cc3[nH]2)C1.Cc1cc2[nH]c(CCC3CC(N(C[C@@H]4C[C@@H](O)[C@H](n5ccc6c(N)ncnc65)C4)C(C)C)C3)nc2cc1C(F)(F)F. The van der Waals surface area contributed by atoms with Crippen molar-refractivity contribution in [2.24, 2.45) is 29.6 Å². The number of ether oxygens (including phenoxy) is 1. The number of anilines is 3. The van der Waals surface area contributed by atoms with Crippen molar-refractivity contribution in [1.29, 1.82) is 0 Å². The van der Waals surface area contributed by atoms with Gasteiger partial charge in [-0.3, -0.25) is 19.3 Å². The number of hydrogen-bond acceptors (Lipinski definition) is 21. The first-order chi connectivity index (χ1) is 58.8. The Labute approximate surface area is 717 Å². The quantitative estimate of drug-likeness (QED) is 0.0251. The van der Waals surface area contributed by atoms with Crippen LogP contribution in [-0.4, -0.2) is 207 Å². The lowest BCUT2D eigenvalue weighted by atomic mass is 9.76. The Bertz CT molecular complexity index is 5710. The van der Waals surface area contributed by atoms with Gasteiger partial charge in [0.2, 0.25) is 0 Å². The predicted octanol–water partition coefficient (Wildman–Crippen LogP) is 14.7. The van der Waals surface area contributed by atoms with E-state index in [-0.39, 0.29) is 64.6 Å². The second-order valence-electron chi connectivity index (χ2n) is 38.9. The van der Waals surface area contributed by atoms with Gasteiger partial charge in [0.25, 0.3) is 0 Å². The molecule has 6 aliphatic rings. The molecule has 18 rings (SSSR count). The first kappa shape index (κ1) is 88.0. The third-order valence-electron chi connectivity index (χ3n) is 27.5. The zero-order valence-corrected chi connectivity index (χ0v) is 72.6. The minimum Gasteiger partial charge on any atom is -0.391 e. The fourth-order valence-corrected chi connectivity index (χ4v) is 20.3. The number of aryl methyl sites for hydroxylation is 4. The van der Waals surface area contributed by atoms with E-state index < -0.39 is 55.1 Å². The molecule has 33 heteroatoms. The Hall–Kier alpha value is -9.48. The zero-order valence-electron chi connectivity index (χ0n) is 72.6. The van der Waals surface area contributed by atoms with Crippen LogP contribution in [0, 0.1) is 36.5 Å². The molecule has 27 nitrogen and oxygen atoms in total. The number of alkyl halides is 6. The lowest BCUT2D eigenvalue weighted by Gasteiger charge is -2.46. The summed E-state index contributed by atoms with van der Waals surface area (Å²) in [5, 5.41) is 45.2. The molecular formula is C91H120F6N22O5. The minimum absolute atomic E-state index is 0.0264. The van der Waals surface area contributed by atoms with Crippen LogP contribution in [0.1, 0.15) is 211 Å². The highest BCUT2D eigenvalue weighted by Gasteiger charge is 2.49. The summed E-state index contributed by atoms with van der Waals surface area (Å²) in [5.74, 6) is 6.25. The largest absolute Gasteiger partial charge is 0.416 e. The van der Waals surface area contributed by atoms with E-state index in [1.807, 2.05) is 30.6 Å². The number of rotatable bonds is 24. The first-order valence-electron chi connectivity index (χ1n) is 44.1. The van der Waals surface area contributed by atoms with Gasteiger partial charge >= 0.3 is 12.4 Å². The number of benzene rings is 3. The van der Waals surface area contributed by atoms with Crippen LogP contribution in [0.5, 0.6) is 0 Å². The van der Waals surface area contributed by atoms with E-state index >= 15 is 0 Å². The Kier molecular flexibility index (Phi) is 24.9. The van der Waals surface area contributed by atoms with Crippen LogP contribution >= 0.6 is 0 Å². The topological polar surface area (TPSA) is 369 Å². The summed E-state index contributed by atoms with van der Waals surface area (Å²) < 4.78 is 92.2. The molecule has 13 N–H and O–H groups in total. The van der Waals surface area contributed by atoms with Crippen molar-refractivity contribution in [3.05, 3.63) is 138 Å². The van der Waals surface area contributed by atoms with Crippen LogP contribution in [-0.2, 0) is 41.0 Å². The number of H-pyrrole nitrogens is 3. The molecule has 0 amide bonds. The number of nitrogens with zero attached hydrogens (tertiary/aromatic N) is 16. The second-order valence-corrected chi connectivity index (χ2v) is 38.9. The Morgan fingerprint density at radius 2 is 0.919 bits per heavy atom. The maximum atomic E-state index is 13.6. The number of imidazole rings is 4. The van der Waals surface area contributed by atoms with Gasteiger partial charge in [-0.1, -0.05) is 53.7 Å². The van der Waals surface area contributed by atoms with Crippen LogP contribution in [0.15, 0.2) is 98.4 Å². The van der Waals surface area contributed by atoms with Crippen molar-refractivity contribution in [3.8, 4) is 0 Å². The van der Waals surface area contributed by atoms with Crippen molar-refractivity contribution < 1.29 is 51.5 Å². The Morgan fingerprint density at radius 1 is 0.484 bits per heavy atom. The Balaban J connectivity index is 0.000000138. The minimum atomic E-state index is -4.43. The first-order valence-corrected chi connectivity index (χ1v) is 44.1. The molecule has 9 aromatic heterocycles. The van der Waals surface area contributed by atoms with Crippen molar-refractivity contribution in [2.45, 2.75) is 281 Å². The summed E-state index contributed by atoms with van der Waals surface area (Å²) >= 11 is 0. The van der Waals surface area contributed by atoms with Crippen molar-refractivity contribution >= 4 is 83.8 Å². The highest BCUT2D eigenvalue weighted by atomic mass is 19.4. The van der Waals surface area contributed by atoms with Crippen LogP contribution in [0.25, 0.3) is 66.3 Å². The van der Waals surface area contributed by atoms with Crippen LogP contribution < -0.4 is 17.2 Å². The van der Waals surface area contributed by atoms with E-state index in [1.54, 1.807) is 6.07 Å². The molecule has 3 aromatic carbocycles. The molecule has 1 aliphatic heterocycles. The number of aromatic amines is 3. The summed E-state index contributed by atoms with van der Waals surface area (Å²) in [5.41, 5.74) is 27.5. The molecule has 5 saturated carbocycles. The van der Waals surface area contributed by atoms with E-state index in [2.05, 4.69) is 173 Å². The number of hydrogen-bond donors (Lipinski definition) is 10. The Morgan fingerprint density at radius 3 is 1.36 bits per heavy atom. The van der Waals surface area contributed by atoms with Gasteiger partial charge in [-0.25, -0.2) is 49.8 Å². The lowest BCUT2D eigenvalue weighted by Crippen LogP contribution is -2.52. The third kappa shape index (κ3) is 19.0. The molecule has 0 radical (unpaired) electrons. The summed E-state index contributed by atoms with van der Waals surface area (Å²) in [6.45, 7) is 24.5. The number of fused-ring (bicyclic) bond motifs is 6. The van der Waals surface area contributed by atoms with Gasteiger partial charge in [-0.05, 0) is 224 Å². The summed E-state index contributed by atoms with van der Waals surface area (Å²) in [6.07, 6.45) is 9.72. The molecule has 0 unspecified atom stereocenters. The van der Waals surface area contributed by atoms with Crippen molar-refractivity contribution in [1.82, 2.24) is 93.2 Å². The number of halogens is 6. The predicted molar refractivity (Wildman–Crippen MR) is 466 cm³/mol. The number of aliphatic hydroxyl groups is 4. The van der Waals surface area contributed by atoms with Gasteiger partial charge in [0.05, 0.1) is 86.6 Å². The number of nitrogen functional groups attached to an aromatic ring is 3. The molecule has 5 aliphatic carbocycles. The van der Waals surface area contributed by atoms with Gasteiger partial charge in [-0.15, -0.1) is 0 Å². The van der Waals surface area contributed by atoms with Gasteiger partial charge in [0.15, 0.2) is 17.7 Å². The maximum Gasteiger partial charge on any atom is 0.416 e. The third-order valence-corrected chi connectivity index (χ3v) is 27.5. The number of nitrogens with one attached hydrogen (secondary N) is 3. The molecule has 6 fully saturated rings. The lowest BCUT2D eigenvalue weighted by molar-refractivity contribution is -0.164. The molecule has 124 heavy (non-hydrogen) atoms. The molecular weight excluding hydrogens is 1600 g/mol. The number of nitrogens with two attached hydrogens (primary N) is 3. The van der Waals surface area contributed by atoms with E-state index in [4.69, 9.17) is 31.9 Å². The molecule has 1 saturated heterocycles. The van der Waals surface area contributed by atoms with Gasteiger partial charge < -0.3 is 66.5 Å². The maximum absolute atomic E-state index is 13.6. The summed E-state index contributed by atoms with van der Waals surface area (Å²) in [4.78, 5) is 60.1. The van der Waals surface area contributed by atoms with E-state index in [1.165, 1.54) is 72.1 Å². The molecule has 0 spiro atoms. The fraction of sp³-hybridized carbons (Fsp3) is 0.582. The average Bonchev–Trinajstić information content (AvgIpc) is 1.51. The van der Waals surface area contributed by atoms with Gasteiger partial charge in [-0.2, -0.15) is 26.3 Å². The van der Waals surface area contributed by atoms with E-state index in [0.29, 0.717) is 89.4 Å². The smallest absolute Gasteiger partial charge is 0.391 e. The highest BCUT2D eigenvalue weighted by Crippen LogP contribution is 2.46. The van der Waals surface area contributed by atoms with Crippen molar-refractivity contribution in [2.75, 3.05) is 43.4 Å². The van der Waals surface area contributed by atoms with E-state index in [0.717, 1.165) is 151 Å². The highest BCUT2D eigenvalue weighted by molar-refractivity contribution is 5.87. The number of aromatic nitrogens is 16. The van der Waals surface area contributed by atoms with Gasteiger partial charge in [0.1, 0.15) is 83.2 Å². The van der Waals surface area contributed by atoms with E-state index in [9.17, 15) is 46.8 Å². The zero-order chi connectivity index (χ0) is 87.9. The summed E-state index contributed by atoms with van der Waals surface area (Å²) in [7, 11) is 0. The molecule has 666 valence electrons. The average molecular weight is 1720 g/mol. The van der Waals surface area contributed by atoms with Crippen LogP contribution in [0.4, 0.5) is 43.8 Å². The van der Waals surface area contributed by atoms with Crippen LogP contribution in [0.3, 0.4) is 0 Å². The molecule has 0 bridgehead atoms. The fourth-order valence-electron chi connectivity index (χ4n) is 20.3. The number of aliphatic hydroxyl groups excluding tert-OH is 4. The monoisotopic (exact) mass is 1710 g/mol. The summed E-state index contributed by atoms with van der Waals surface area (Å²) in [6, 6.07) is 21.2. The van der Waals surface area contributed by atoms with Crippen molar-refractivity contribution in [3.63, 3.8) is 0 Å².